The molecule has 5 atom stereocenters. The highest BCUT2D eigenvalue weighted by Crippen LogP contribution is 2.57. The van der Waals surface area contributed by atoms with Crippen molar-refractivity contribution in [2.24, 2.45) is 33.5 Å². The summed E-state index contributed by atoms with van der Waals surface area (Å²) in [6.07, 6.45) is 12.4. The number of aliphatic hydroxyl groups is 1. The molecule has 190 valence electrons. The predicted molar refractivity (Wildman–Crippen MR) is 141 cm³/mol. The van der Waals surface area contributed by atoms with E-state index in [1.54, 1.807) is 5.57 Å². The third-order valence-corrected chi connectivity index (χ3v) is 8.35. The zero-order valence-electron chi connectivity index (χ0n) is 23.7. The van der Waals surface area contributed by atoms with Crippen LogP contribution in [0.25, 0.3) is 0 Å². The zero-order valence-corrected chi connectivity index (χ0v) is 23.7. The average Bonchev–Trinajstić information content (AvgIpc) is 2.69. The number of hydrogen-bond acceptors (Lipinski definition) is 2. The predicted octanol–water partition coefficient (Wildman–Crippen LogP) is 8.82. The van der Waals surface area contributed by atoms with E-state index < -0.39 is 0 Å². The van der Waals surface area contributed by atoms with Gasteiger partial charge in [0.05, 0.1) is 19.3 Å². The quantitative estimate of drug-likeness (QED) is 0.301. The Bertz CT molecular complexity index is 584. The van der Waals surface area contributed by atoms with Gasteiger partial charge in [-0.05, 0) is 85.9 Å². The first-order chi connectivity index (χ1) is 14.7. The van der Waals surface area contributed by atoms with Crippen LogP contribution in [0.5, 0.6) is 0 Å². The summed E-state index contributed by atoms with van der Waals surface area (Å²) in [5, 5.41) is 9.54. The first-order valence-corrected chi connectivity index (χ1v) is 13.6. The highest BCUT2D eigenvalue weighted by Gasteiger charge is 2.48. The Morgan fingerprint density at radius 2 is 1.75 bits per heavy atom. The molecular formula is C30H58O2. The summed E-state index contributed by atoms with van der Waals surface area (Å²) in [7, 11) is 0. The summed E-state index contributed by atoms with van der Waals surface area (Å²) in [5.74, 6) is 1.14. The second-order valence-corrected chi connectivity index (χ2v) is 13.6. The molecule has 1 fully saturated rings. The van der Waals surface area contributed by atoms with Crippen molar-refractivity contribution in [1.82, 2.24) is 0 Å². The second kappa shape index (κ2) is 11.9. The van der Waals surface area contributed by atoms with E-state index in [1.807, 2.05) is 6.92 Å². The first-order valence-electron chi connectivity index (χ1n) is 13.6. The molecule has 0 aromatic heterocycles. The van der Waals surface area contributed by atoms with Crippen LogP contribution in [0.15, 0.2) is 11.6 Å². The monoisotopic (exact) mass is 450 g/mol. The Kier molecular flexibility index (Phi) is 11.0. The smallest absolute Gasteiger partial charge is 0.0777 e. The first kappa shape index (κ1) is 29.7. The number of unbranched alkanes of at least 4 members (excludes halogenated alkanes) is 1. The molecule has 1 N–H and O–H groups in total. The van der Waals surface area contributed by atoms with Gasteiger partial charge < -0.3 is 9.84 Å². The highest BCUT2D eigenvalue weighted by molar-refractivity contribution is 5.19. The number of hydrogen-bond donors (Lipinski definition) is 1. The minimum atomic E-state index is -0.0887. The van der Waals surface area contributed by atoms with Crippen molar-refractivity contribution in [1.29, 1.82) is 0 Å². The molecule has 2 nitrogen and oxygen atoms in total. The number of rotatable bonds is 12. The van der Waals surface area contributed by atoms with E-state index in [0.717, 1.165) is 6.61 Å². The van der Waals surface area contributed by atoms with Crippen LogP contribution >= 0.6 is 0 Å². The Labute approximate surface area is 202 Å². The van der Waals surface area contributed by atoms with Crippen LogP contribution < -0.4 is 0 Å². The van der Waals surface area contributed by atoms with Gasteiger partial charge in [0.2, 0.25) is 0 Å². The maximum Gasteiger partial charge on any atom is 0.0777 e. The molecule has 0 spiro atoms. The molecule has 0 heterocycles. The lowest BCUT2D eigenvalue weighted by Gasteiger charge is -2.53. The van der Waals surface area contributed by atoms with E-state index in [0.29, 0.717) is 28.1 Å². The Balaban J connectivity index is 3.42. The maximum absolute atomic E-state index is 9.54. The van der Waals surface area contributed by atoms with Crippen molar-refractivity contribution in [3.05, 3.63) is 11.6 Å². The molecule has 32 heavy (non-hydrogen) atoms. The Hall–Kier alpha value is -0.340. The molecule has 0 amide bonds. The summed E-state index contributed by atoms with van der Waals surface area (Å²) < 4.78 is 6.19. The summed E-state index contributed by atoms with van der Waals surface area (Å²) in [6, 6.07) is 0. The van der Waals surface area contributed by atoms with Gasteiger partial charge in [-0.2, -0.15) is 0 Å². The number of aliphatic hydroxyl groups excluding tert-OH is 1. The van der Waals surface area contributed by atoms with Crippen LogP contribution in [0.3, 0.4) is 0 Å². The van der Waals surface area contributed by atoms with Crippen molar-refractivity contribution < 1.29 is 9.84 Å². The fourth-order valence-corrected chi connectivity index (χ4v) is 6.73. The van der Waals surface area contributed by atoms with E-state index in [9.17, 15) is 5.11 Å². The van der Waals surface area contributed by atoms with Gasteiger partial charge in [-0.3, -0.25) is 0 Å². The lowest BCUT2D eigenvalue weighted by Crippen LogP contribution is -2.45. The van der Waals surface area contributed by atoms with Crippen molar-refractivity contribution >= 4 is 0 Å². The molecule has 0 aromatic carbocycles. The molecule has 0 saturated heterocycles. The van der Waals surface area contributed by atoms with E-state index in [1.165, 1.54) is 51.4 Å². The normalized spacial score (nSPS) is 28.2. The maximum atomic E-state index is 9.54. The van der Waals surface area contributed by atoms with Gasteiger partial charge in [0, 0.05) is 0 Å². The number of allylic oxidation sites excluding steroid dienone is 2. The van der Waals surface area contributed by atoms with Crippen LogP contribution in [-0.2, 0) is 4.74 Å². The standard InChI is InChI=1S/C30H58O2/c1-12-15-16-29(10,21-27(5,6)7)25(14-3)24(13-2)26-19-28(8,9)17-18-30(26,11)22-32-23(4)20-31/h13,23,25-26,31H,12,14-22H2,1-11H3/b24-13+. The summed E-state index contributed by atoms with van der Waals surface area (Å²) in [5.41, 5.74) is 2.81. The highest BCUT2D eigenvalue weighted by atomic mass is 16.5. The fraction of sp³-hybridized carbons (Fsp3) is 0.933. The molecule has 5 unspecified atom stereocenters. The van der Waals surface area contributed by atoms with E-state index >= 15 is 0 Å². The zero-order chi connectivity index (χ0) is 24.8. The fourth-order valence-electron chi connectivity index (χ4n) is 6.73. The van der Waals surface area contributed by atoms with Gasteiger partial charge in [0.1, 0.15) is 0 Å². The van der Waals surface area contributed by atoms with Crippen molar-refractivity contribution in [2.75, 3.05) is 13.2 Å². The van der Waals surface area contributed by atoms with E-state index in [2.05, 4.69) is 75.3 Å². The van der Waals surface area contributed by atoms with Crippen molar-refractivity contribution in [3.63, 3.8) is 0 Å². The third-order valence-electron chi connectivity index (χ3n) is 8.35. The van der Waals surface area contributed by atoms with Crippen LogP contribution in [0.2, 0.25) is 0 Å². The molecule has 0 aliphatic heterocycles. The molecule has 2 heteroatoms. The SMILES string of the molecule is C/C=C(/C1CC(C)(C)CCC1(C)COC(C)CO)C(CC)C(C)(CCCC)CC(C)(C)C. The van der Waals surface area contributed by atoms with Gasteiger partial charge in [0.25, 0.3) is 0 Å². The van der Waals surface area contributed by atoms with Crippen LogP contribution in [-0.4, -0.2) is 24.4 Å². The van der Waals surface area contributed by atoms with Gasteiger partial charge in [-0.1, -0.05) is 86.8 Å². The summed E-state index contributed by atoms with van der Waals surface area (Å²) in [4.78, 5) is 0. The lowest BCUT2D eigenvalue weighted by atomic mass is 9.53. The van der Waals surface area contributed by atoms with Gasteiger partial charge in [-0.15, -0.1) is 0 Å². The van der Waals surface area contributed by atoms with Crippen LogP contribution in [0, 0.1) is 33.5 Å². The summed E-state index contributed by atoms with van der Waals surface area (Å²) in [6.45, 7) is 27.1. The van der Waals surface area contributed by atoms with Crippen LogP contribution in [0.1, 0.15) is 128 Å². The molecule has 0 aromatic rings. The molecule has 1 rings (SSSR count). The largest absolute Gasteiger partial charge is 0.394 e. The van der Waals surface area contributed by atoms with Gasteiger partial charge >= 0.3 is 0 Å². The van der Waals surface area contributed by atoms with Gasteiger partial charge in [0.15, 0.2) is 0 Å². The molecule has 0 bridgehead atoms. The summed E-state index contributed by atoms with van der Waals surface area (Å²) >= 11 is 0. The number of ether oxygens (including phenoxy) is 1. The van der Waals surface area contributed by atoms with Crippen LogP contribution in [0.4, 0.5) is 0 Å². The second-order valence-electron chi connectivity index (χ2n) is 13.6. The lowest BCUT2D eigenvalue weighted by molar-refractivity contribution is -0.0661. The molecule has 1 aliphatic carbocycles. The molecular weight excluding hydrogens is 392 g/mol. The molecule has 1 saturated carbocycles. The van der Waals surface area contributed by atoms with Gasteiger partial charge in [-0.25, -0.2) is 0 Å². The van der Waals surface area contributed by atoms with E-state index in [-0.39, 0.29) is 18.1 Å². The van der Waals surface area contributed by atoms with Crippen molar-refractivity contribution in [2.45, 2.75) is 134 Å². The van der Waals surface area contributed by atoms with Crippen molar-refractivity contribution in [3.8, 4) is 0 Å². The third kappa shape index (κ3) is 8.15. The van der Waals surface area contributed by atoms with E-state index in [4.69, 9.17) is 4.74 Å². The minimum Gasteiger partial charge on any atom is -0.394 e. The average molecular weight is 451 g/mol. The Morgan fingerprint density at radius 3 is 2.22 bits per heavy atom. The Morgan fingerprint density at radius 1 is 1.12 bits per heavy atom. The topological polar surface area (TPSA) is 29.5 Å². The minimum absolute atomic E-state index is 0.0887. The molecule has 1 aliphatic rings. The molecule has 0 radical (unpaired) electrons.